The number of amides is 1. The second-order valence-corrected chi connectivity index (χ2v) is 10.3. The predicted octanol–water partition coefficient (Wildman–Crippen LogP) is 3.96. The minimum absolute atomic E-state index is 0.175. The molecule has 0 atom stereocenters. The zero-order valence-corrected chi connectivity index (χ0v) is 19.7. The van der Waals surface area contributed by atoms with E-state index in [0.29, 0.717) is 30.0 Å². The number of hydrogen-bond donors (Lipinski definition) is 2. The van der Waals surface area contributed by atoms with Crippen LogP contribution in [0, 0.1) is 19.8 Å². The lowest BCUT2D eigenvalue weighted by atomic mass is 9.77. The largest absolute Gasteiger partial charge is 0.467 e. The fourth-order valence-corrected chi connectivity index (χ4v) is 5.05. The van der Waals surface area contributed by atoms with Crippen LogP contribution in [-0.4, -0.2) is 32.9 Å². The molecule has 1 amide bonds. The van der Waals surface area contributed by atoms with Crippen LogP contribution in [0.2, 0.25) is 0 Å². The summed E-state index contributed by atoms with van der Waals surface area (Å²) in [5.74, 6) is -0.335. The van der Waals surface area contributed by atoms with Crippen molar-refractivity contribution in [3.8, 4) is 0 Å². The maximum atomic E-state index is 12.8. The number of carbonyl (C=O) groups excluding carboxylic acids is 2. The summed E-state index contributed by atoms with van der Waals surface area (Å²) in [6.45, 7) is 5.90. The lowest BCUT2D eigenvalue weighted by Gasteiger charge is -2.37. The zero-order valence-electron chi connectivity index (χ0n) is 18.9. The van der Waals surface area contributed by atoms with E-state index in [1.807, 2.05) is 13.8 Å². The van der Waals surface area contributed by atoms with Gasteiger partial charge >= 0.3 is 5.97 Å². The fourth-order valence-electron chi connectivity index (χ4n) is 3.90. The van der Waals surface area contributed by atoms with E-state index >= 15 is 0 Å². The van der Waals surface area contributed by atoms with Gasteiger partial charge < -0.3 is 10.1 Å². The van der Waals surface area contributed by atoms with Crippen LogP contribution in [0.1, 0.15) is 54.1 Å². The highest BCUT2D eigenvalue weighted by molar-refractivity contribution is 7.92. The summed E-state index contributed by atoms with van der Waals surface area (Å²) in [5.41, 5.74) is 1.55. The molecule has 0 radical (unpaired) electrons. The highest BCUT2D eigenvalue weighted by Crippen LogP contribution is 2.33. The number of carbonyl (C=O) groups is 2. The Kier molecular flexibility index (Phi) is 6.93. The van der Waals surface area contributed by atoms with Gasteiger partial charge in [-0.15, -0.1) is 0 Å². The third-order valence-electron chi connectivity index (χ3n) is 6.24. The molecule has 0 aromatic heterocycles. The van der Waals surface area contributed by atoms with Crippen LogP contribution in [0.15, 0.2) is 47.4 Å². The second-order valence-electron chi connectivity index (χ2n) is 8.64. The van der Waals surface area contributed by atoms with Gasteiger partial charge in [0.2, 0.25) is 0 Å². The molecule has 1 fully saturated rings. The molecule has 1 aliphatic carbocycles. The smallest absolute Gasteiger partial charge is 0.331 e. The molecule has 0 bridgehead atoms. The molecule has 0 spiro atoms. The summed E-state index contributed by atoms with van der Waals surface area (Å²) in [6.07, 6.45) is 2.71. The van der Waals surface area contributed by atoms with Crippen LogP contribution < -0.4 is 10.0 Å². The first-order valence-electron chi connectivity index (χ1n) is 10.7. The molecular formula is C24H30N2O5S. The van der Waals surface area contributed by atoms with E-state index in [-0.39, 0.29) is 4.90 Å². The third-order valence-corrected chi connectivity index (χ3v) is 7.62. The molecule has 32 heavy (non-hydrogen) atoms. The predicted molar refractivity (Wildman–Crippen MR) is 123 cm³/mol. The number of sulfonamides is 1. The molecule has 2 N–H and O–H groups in total. The maximum Gasteiger partial charge on any atom is 0.331 e. The Hall–Kier alpha value is -2.87. The fraction of sp³-hybridized carbons (Fsp3) is 0.417. The summed E-state index contributed by atoms with van der Waals surface area (Å²) in [7, 11) is -2.43. The van der Waals surface area contributed by atoms with E-state index in [0.717, 1.165) is 24.0 Å². The summed E-state index contributed by atoms with van der Waals surface area (Å²) < 4.78 is 32.9. The number of hydrogen-bond acceptors (Lipinski definition) is 5. The molecule has 2 aromatic rings. The Labute approximate surface area is 189 Å². The molecule has 1 aliphatic rings. The average molecular weight is 459 g/mol. The van der Waals surface area contributed by atoms with Crippen molar-refractivity contribution >= 4 is 27.6 Å². The number of esters is 1. The van der Waals surface area contributed by atoms with Gasteiger partial charge in [0.15, 0.2) is 0 Å². The number of rotatable bonds is 6. The third kappa shape index (κ3) is 5.12. The quantitative estimate of drug-likeness (QED) is 0.638. The van der Waals surface area contributed by atoms with Crippen molar-refractivity contribution in [1.82, 2.24) is 5.32 Å². The summed E-state index contributed by atoms with van der Waals surface area (Å²) >= 11 is 0. The highest BCUT2D eigenvalue weighted by Gasteiger charge is 2.43. The Balaban J connectivity index is 1.73. The SMILES string of the molecule is COC(=O)C1(NC(=O)c2ccc(NS(=O)(=O)c3ccc(C)c(C)c3)cc2)CCC(C)CC1. The van der Waals surface area contributed by atoms with Gasteiger partial charge in [0, 0.05) is 11.3 Å². The van der Waals surface area contributed by atoms with Crippen LogP contribution in [0.4, 0.5) is 5.69 Å². The van der Waals surface area contributed by atoms with Crippen molar-refractivity contribution in [1.29, 1.82) is 0 Å². The van der Waals surface area contributed by atoms with Gasteiger partial charge in [-0.2, -0.15) is 0 Å². The molecule has 0 aliphatic heterocycles. The molecule has 0 unspecified atom stereocenters. The summed E-state index contributed by atoms with van der Waals surface area (Å²) in [5, 5.41) is 2.87. The van der Waals surface area contributed by atoms with Crippen molar-refractivity contribution in [2.75, 3.05) is 11.8 Å². The Morgan fingerprint density at radius 1 is 1.00 bits per heavy atom. The summed E-state index contributed by atoms with van der Waals surface area (Å²) in [4.78, 5) is 25.5. The van der Waals surface area contributed by atoms with Crippen LogP contribution >= 0.6 is 0 Å². The van der Waals surface area contributed by atoms with E-state index in [9.17, 15) is 18.0 Å². The van der Waals surface area contributed by atoms with Gasteiger partial charge in [0.1, 0.15) is 5.54 Å². The molecule has 1 saturated carbocycles. The first-order valence-corrected chi connectivity index (χ1v) is 12.2. The first-order chi connectivity index (χ1) is 15.1. The molecule has 2 aromatic carbocycles. The van der Waals surface area contributed by atoms with Crippen molar-refractivity contribution in [3.63, 3.8) is 0 Å². The van der Waals surface area contributed by atoms with Gasteiger partial charge in [-0.05, 0) is 93.0 Å². The number of benzene rings is 2. The topological polar surface area (TPSA) is 102 Å². The lowest BCUT2D eigenvalue weighted by Crippen LogP contribution is -2.56. The van der Waals surface area contributed by atoms with E-state index < -0.39 is 27.4 Å². The van der Waals surface area contributed by atoms with Gasteiger partial charge in [0.25, 0.3) is 15.9 Å². The monoisotopic (exact) mass is 458 g/mol. The van der Waals surface area contributed by atoms with Crippen molar-refractivity contribution in [2.45, 2.75) is 56.9 Å². The Bertz CT molecular complexity index is 1100. The normalized spacial score (nSPS) is 20.9. The zero-order chi connectivity index (χ0) is 23.5. The van der Waals surface area contributed by atoms with Gasteiger partial charge in [-0.1, -0.05) is 13.0 Å². The minimum Gasteiger partial charge on any atom is -0.467 e. The summed E-state index contributed by atoms with van der Waals surface area (Å²) in [6, 6.07) is 11.1. The number of ether oxygens (including phenoxy) is 1. The Morgan fingerprint density at radius 3 is 2.19 bits per heavy atom. The van der Waals surface area contributed by atoms with E-state index in [1.54, 1.807) is 18.2 Å². The first kappa shape index (κ1) is 23.8. The molecular weight excluding hydrogens is 428 g/mol. The van der Waals surface area contributed by atoms with Crippen LogP contribution in [-0.2, 0) is 19.6 Å². The molecule has 172 valence electrons. The van der Waals surface area contributed by atoms with Gasteiger partial charge in [-0.3, -0.25) is 9.52 Å². The van der Waals surface area contributed by atoms with Gasteiger partial charge in [-0.25, -0.2) is 13.2 Å². The van der Waals surface area contributed by atoms with Crippen molar-refractivity contribution in [3.05, 3.63) is 59.2 Å². The van der Waals surface area contributed by atoms with Crippen molar-refractivity contribution < 1.29 is 22.7 Å². The Morgan fingerprint density at radius 2 is 1.62 bits per heavy atom. The highest BCUT2D eigenvalue weighted by atomic mass is 32.2. The molecule has 0 heterocycles. The second kappa shape index (κ2) is 9.32. The maximum absolute atomic E-state index is 12.8. The standard InChI is InChI=1S/C24H30N2O5S/c1-16-11-13-24(14-12-16,23(28)31-4)25-22(27)19-6-8-20(9-7-19)26-32(29,30)21-10-5-17(2)18(3)15-21/h5-10,15-16,26H,11-14H2,1-4H3,(H,25,27). The van der Waals surface area contributed by atoms with Crippen LogP contribution in [0.25, 0.3) is 0 Å². The van der Waals surface area contributed by atoms with Crippen LogP contribution in [0.3, 0.4) is 0 Å². The molecule has 3 rings (SSSR count). The van der Waals surface area contributed by atoms with E-state index in [1.165, 1.54) is 31.4 Å². The van der Waals surface area contributed by atoms with Crippen LogP contribution in [0.5, 0.6) is 0 Å². The number of nitrogens with one attached hydrogen (secondary N) is 2. The van der Waals surface area contributed by atoms with Gasteiger partial charge in [0.05, 0.1) is 12.0 Å². The number of anilines is 1. The van der Waals surface area contributed by atoms with E-state index in [4.69, 9.17) is 4.74 Å². The molecule has 7 nitrogen and oxygen atoms in total. The minimum atomic E-state index is -3.75. The lowest BCUT2D eigenvalue weighted by molar-refractivity contribution is -0.150. The number of aryl methyl sites for hydroxylation is 2. The van der Waals surface area contributed by atoms with E-state index in [2.05, 4.69) is 17.0 Å². The number of methoxy groups -OCH3 is 1. The van der Waals surface area contributed by atoms with Crippen molar-refractivity contribution in [2.24, 2.45) is 5.92 Å². The molecule has 8 heteroatoms. The molecule has 0 saturated heterocycles. The average Bonchev–Trinajstić information content (AvgIpc) is 2.77.